The van der Waals surface area contributed by atoms with Gasteiger partial charge in [-0.2, -0.15) is 0 Å². The van der Waals surface area contributed by atoms with Gasteiger partial charge in [0.2, 0.25) is 0 Å². The Balaban J connectivity index is 2.02. The maximum Gasteiger partial charge on any atom is 0.313 e. The minimum atomic E-state index is -0.287. The molecule has 2 rings (SSSR count). The summed E-state index contributed by atoms with van der Waals surface area (Å²) >= 11 is 0. The molecular formula is C18H20O3. The van der Waals surface area contributed by atoms with Crippen molar-refractivity contribution in [3.05, 3.63) is 65.7 Å². The average Bonchev–Trinajstić information content (AvgIpc) is 2.54. The van der Waals surface area contributed by atoms with Crippen LogP contribution >= 0.6 is 0 Å². The Labute approximate surface area is 125 Å². The summed E-state index contributed by atoms with van der Waals surface area (Å²) in [4.78, 5) is 11.8. The second kappa shape index (κ2) is 7.48. The van der Waals surface area contributed by atoms with Crippen molar-refractivity contribution in [2.24, 2.45) is 0 Å². The van der Waals surface area contributed by atoms with Gasteiger partial charge in [-0.25, -0.2) is 0 Å². The number of hydrogen-bond donors (Lipinski definition) is 0. The fraction of sp³-hybridized carbons (Fsp3) is 0.278. The number of carbonyl (C=O) groups is 1. The van der Waals surface area contributed by atoms with E-state index in [2.05, 4.69) is 0 Å². The molecule has 2 aromatic carbocycles. The first-order chi connectivity index (χ1) is 10.2. The summed E-state index contributed by atoms with van der Waals surface area (Å²) < 4.78 is 10.8. The van der Waals surface area contributed by atoms with Crippen LogP contribution in [0.15, 0.2) is 54.6 Å². The maximum atomic E-state index is 11.8. The second-order valence-electron chi connectivity index (χ2n) is 4.82. The smallest absolute Gasteiger partial charge is 0.313 e. The highest BCUT2D eigenvalue weighted by Gasteiger charge is 2.16. The van der Waals surface area contributed by atoms with E-state index in [0.717, 1.165) is 16.9 Å². The van der Waals surface area contributed by atoms with Crippen LogP contribution in [0.3, 0.4) is 0 Å². The van der Waals surface area contributed by atoms with Crippen LogP contribution in [0.2, 0.25) is 0 Å². The molecule has 0 heterocycles. The fourth-order valence-corrected chi connectivity index (χ4v) is 2.02. The molecule has 0 saturated heterocycles. The Kier molecular flexibility index (Phi) is 5.38. The third-order valence-electron chi connectivity index (χ3n) is 3.25. The van der Waals surface area contributed by atoms with Crippen LogP contribution in [0.4, 0.5) is 0 Å². The van der Waals surface area contributed by atoms with Crippen molar-refractivity contribution in [3.63, 3.8) is 0 Å². The highest BCUT2D eigenvalue weighted by Crippen LogP contribution is 2.22. The number of carbonyl (C=O) groups excluding carboxylic acids is 1. The molecule has 0 amide bonds. The SMILES string of the molecule is CCOC(=O)C(C)c1cccc(OCc2ccccc2)c1. The molecule has 0 fully saturated rings. The lowest BCUT2D eigenvalue weighted by atomic mass is 10.0. The highest BCUT2D eigenvalue weighted by molar-refractivity contribution is 5.77. The van der Waals surface area contributed by atoms with Crippen molar-refractivity contribution in [3.8, 4) is 5.75 Å². The first kappa shape index (κ1) is 15.1. The van der Waals surface area contributed by atoms with Gasteiger partial charge in [0.1, 0.15) is 12.4 Å². The fourth-order valence-electron chi connectivity index (χ4n) is 2.02. The molecule has 110 valence electrons. The molecule has 3 nitrogen and oxygen atoms in total. The molecule has 0 aliphatic carbocycles. The summed E-state index contributed by atoms with van der Waals surface area (Å²) in [5.74, 6) is 0.260. The van der Waals surface area contributed by atoms with E-state index in [-0.39, 0.29) is 11.9 Å². The summed E-state index contributed by atoms with van der Waals surface area (Å²) in [5, 5.41) is 0. The molecule has 0 radical (unpaired) electrons. The summed E-state index contributed by atoms with van der Waals surface area (Å²) in [6.07, 6.45) is 0. The van der Waals surface area contributed by atoms with Crippen molar-refractivity contribution in [2.75, 3.05) is 6.61 Å². The molecule has 0 spiro atoms. The standard InChI is InChI=1S/C18H20O3/c1-3-20-18(19)14(2)16-10-7-11-17(12-16)21-13-15-8-5-4-6-9-15/h4-12,14H,3,13H2,1-2H3. The first-order valence-electron chi connectivity index (χ1n) is 7.14. The van der Waals surface area contributed by atoms with Crippen molar-refractivity contribution in [1.82, 2.24) is 0 Å². The highest BCUT2D eigenvalue weighted by atomic mass is 16.5. The third kappa shape index (κ3) is 4.35. The van der Waals surface area contributed by atoms with Crippen LogP contribution in [0.1, 0.15) is 30.9 Å². The molecule has 0 bridgehead atoms. The summed E-state index contributed by atoms with van der Waals surface area (Å²) in [5.41, 5.74) is 2.01. The van der Waals surface area contributed by atoms with Gasteiger partial charge in [-0.15, -0.1) is 0 Å². The van der Waals surface area contributed by atoms with Crippen LogP contribution in [0.5, 0.6) is 5.75 Å². The van der Waals surface area contributed by atoms with E-state index in [4.69, 9.17) is 9.47 Å². The molecule has 1 atom stereocenters. The van der Waals surface area contributed by atoms with Gasteiger partial charge >= 0.3 is 5.97 Å². The third-order valence-corrected chi connectivity index (χ3v) is 3.25. The lowest BCUT2D eigenvalue weighted by molar-refractivity contribution is -0.144. The van der Waals surface area contributed by atoms with E-state index in [1.165, 1.54) is 0 Å². The predicted octanol–water partition coefficient (Wildman–Crippen LogP) is 3.93. The Morgan fingerprint density at radius 3 is 2.57 bits per heavy atom. The molecule has 3 heteroatoms. The number of hydrogen-bond acceptors (Lipinski definition) is 3. The largest absolute Gasteiger partial charge is 0.489 e. The van der Waals surface area contributed by atoms with Crippen LogP contribution in [0, 0.1) is 0 Å². The van der Waals surface area contributed by atoms with Gasteiger partial charge in [-0.3, -0.25) is 4.79 Å². The number of ether oxygens (including phenoxy) is 2. The van der Waals surface area contributed by atoms with E-state index >= 15 is 0 Å². The number of rotatable bonds is 6. The Bertz CT molecular complexity index is 578. The van der Waals surface area contributed by atoms with Crippen molar-refractivity contribution >= 4 is 5.97 Å². The molecule has 0 aliphatic heterocycles. The Morgan fingerprint density at radius 2 is 1.86 bits per heavy atom. The monoisotopic (exact) mass is 284 g/mol. The quantitative estimate of drug-likeness (QED) is 0.754. The average molecular weight is 284 g/mol. The van der Waals surface area contributed by atoms with E-state index in [1.54, 1.807) is 0 Å². The van der Waals surface area contributed by atoms with Crippen LogP contribution in [0.25, 0.3) is 0 Å². The van der Waals surface area contributed by atoms with Gasteiger partial charge in [0.15, 0.2) is 0 Å². The molecule has 1 unspecified atom stereocenters. The minimum absolute atomic E-state index is 0.210. The minimum Gasteiger partial charge on any atom is -0.489 e. The zero-order valence-electron chi connectivity index (χ0n) is 12.4. The van der Waals surface area contributed by atoms with Gasteiger partial charge in [0.05, 0.1) is 12.5 Å². The van der Waals surface area contributed by atoms with E-state index < -0.39 is 0 Å². The summed E-state index contributed by atoms with van der Waals surface area (Å²) in [7, 11) is 0. The van der Waals surface area contributed by atoms with E-state index in [9.17, 15) is 4.79 Å². The van der Waals surface area contributed by atoms with E-state index in [1.807, 2.05) is 68.4 Å². The molecule has 2 aromatic rings. The van der Waals surface area contributed by atoms with Crippen molar-refractivity contribution in [1.29, 1.82) is 0 Å². The maximum absolute atomic E-state index is 11.8. The van der Waals surface area contributed by atoms with Crippen LogP contribution in [-0.4, -0.2) is 12.6 Å². The predicted molar refractivity (Wildman–Crippen MR) is 82.3 cm³/mol. The topological polar surface area (TPSA) is 35.5 Å². The zero-order valence-corrected chi connectivity index (χ0v) is 12.4. The van der Waals surface area contributed by atoms with Gasteiger partial charge in [-0.1, -0.05) is 42.5 Å². The van der Waals surface area contributed by atoms with Gasteiger partial charge in [-0.05, 0) is 37.1 Å². The van der Waals surface area contributed by atoms with Crippen LogP contribution < -0.4 is 4.74 Å². The second-order valence-corrected chi connectivity index (χ2v) is 4.82. The molecule has 0 aliphatic rings. The molecule has 0 N–H and O–H groups in total. The van der Waals surface area contributed by atoms with Gasteiger partial charge in [0, 0.05) is 0 Å². The van der Waals surface area contributed by atoms with Crippen LogP contribution in [-0.2, 0) is 16.1 Å². The van der Waals surface area contributed by atoms with Gasteiger partial charge < -0.3 is 9.47 Å². The Morgan fingerprint density at radius 1 is 1.10 bits per heavy atom. The first-order valence-corrected chi connectivity index (χ1v) is 7.14. The van der Waals surface area contributed by atoms with Gasteiger partial charge in [0.25, 0.3) is 0 Å². The number of esters is 1. The molecule has 21 heavy (non-hydrogen) atoms. The molecular weight excluding hydrogens is 264 g/mol. The summed E-state index contributed by atoms with van der Waals surface area (Å²) in [6.45, 7) is 4.56. The summed E-state index contributed by atoms with van der Waals surface area (Å²) in [6, 6.07) is 17.6. The van der Waals surface area contributed by atoms with Crippen molar-refractivity contribution in [2.45, 2.75) is 26.4 Å². The lowest BCUT2D eigenvalue weighted by Gasteiger charge is -2.13. The normalized spacial score (nSPS) is 11.7. The molecule has 0 aromatic heterocycles. The molecule has 0 saturated carbocycles. The Hall–Kier alpha value is -2.29. The number of benzene rings is 2. The zero-order chi connectivity index (χ0) is 15.1. The van der Waals surface area contributed by atoms with E-state index in [0.29, 0.717) is 13.2 Å². The van der Waals surface area contributed by atoms with Crippen molar-refractivity contribution < 1.29 is 14.3 Å². The lowest BCUT2D eigenvalue weighted by Crippen LogP contribution is -2.13.